The number of hydrogen-bond acceptors (Lipinski definition) is 6. The summed E-state index contributed by atoms with van der Waals surface area (Å²) < 4.78 is 0. The van der Waals surface area contributed by atoms with Crippen LogP contribution in [0.25, 0.3) is 144 Å². The van der Waals surface area contributed by atoms with Crippen LogP contribution in [-0.4, -0.2) is 25.6 Å². The summed E-state index contributed by atoms with van der Waals surface area (Å²) >= 11 is 0. The van der Waals surface area contributed by atoms with Gasteiger partial charge in [-0.25, -0.2) is 9.97 Å². The van der Waals surface area contributed by atoms with Crippen molar-refractivity contribution in [3.8, 4) is 55.9 Å². The van der Waals surface area contributed by atoms with Crippen molar-refractivity contribution in [2.24, 2.45) is 4.99 Å². The largest absolute Gasteiger partial charge is 0.396 e. The summed E-state index contributed by atoms with van der Waals surface area (Å²) in [6.07, 6.45) is 7.68. The van der Waals surface area contributed by atoms with Crippen LogP contribution in [-0.2, 0) is 0 Å². The highest BCUT2D eigenvalue weighted by Crippen LogP contribution is 2.43. The summed E-state index contributed by atoms with van der Waals surface area (Å²) in [7, 11) is 0. The molecule has 0 aliphatic heterocycles. The van der Waals surface area contributed by atoms with Crippen LogP contribution in [0.4, 0.5) is 11.4 Å². The molecule has 0 fully saturated rings. The molecule has 78 heavy (non-hydrogen) atoms. The van der Waals surface area contributed by atoms with Crippen molar-refractivity contribution in [2.75, 3.05) is 5.73 Å². The van der Waals surface area contributed by atoms with Gasteiger partial charge in [0, 0.05) is 54.9 Å². The molecule has 12 aromatic carbocycles. The van der Waals surface area contributed by atoms with Crippen LogP contribution in [0, 0.1) is 0 Å². The van der Waals surface area contributed by atoms with Gasteiger partial charge >= 0.3 is 0 Å². The number of nitrogen functional groups attached to an aromatic ring is 1. The summed E-state index contributed by atoms with van der Waals surface area (Å²) in [4.78, 5) is 26.3. The van der Waals surface area contributed by atoms with Gasteiger partial charge < -0.3 is 5.73 Å². The van der Waals surface area contributed by atoms with Gasteiger partial charge in [-0.15, -0.1) is 0 Å². The maximum atomic E-state index is 6.95. The molecule has 0 atom stereocenters. The average Bonchev–Trinajstić information content (AvgIpc) is 3.53. The van der Waals surface area contributed by atoms with Crippen molar-refractivity contribution in [1.82, 2.24) is 19.9 Å². The average molecular weight is 993 g/mol. The van der Waals surface area contributed by atoms with Crippen LogP contribution >= 0.6 is 0 Å². The molecule has 6 nitrogen and oxygen atoms in total. The maximum Gasteiger partial charge on any atom is 0.0979 e. The van der Waals surface area contributed by atoms with Crippen LogP contribution in [0.3, 0.4) is 0 Å². The second kappa shape index (κ2) is 18.1. The minimum atomic E-state index is 0.624. The first kappa shape index (κ1) is 44.8. The van der Waals surface area contributed by atoms with E-state index < -0.39 is 0 Å². The van der Waals surface area contributed by atoms with Crippen LogP contribution in [0.5, 0.6) is 0 Å². The summed E-state index contributed by atoms with van der Waals surface area (Å²) in [5, 5.41) is 11.1. The second-order valence-electron chi connectivity index (χ2n) is 20.0. The van der Waals surface area contributed by atoms with Crippen molar-refractivity contribution < 1.29 is 0 Å². The Hall–Kier alpha value is -10.6. The molecule has 0 saturated carbocycles. The van der Waals surface area contributed by atoms with E-state index in [2.05, 4.69) is 225 Å². The van der Waals surface area contributed by atoms with Crippen LogP contribution in [0.2, 0.25) is 0 Å². The zero-order valence-electron chi connectivity index (χ0n) is 42.3. The number of nitrogens with zero attached hydrogens (tertiary/aromatic N) is 5. The Labute approximate surface area is 449 Å². The van der Waals surface area contributed by atoms with Crippen molar-refractivity contribution in [2.45, 2.75) is 6.92 Å². The number of rotatable bonds is 7. The van der Waals surface area contributed by atoms with Crippen LogP contribution < -0.4 is 5.73 Å². The first-order valence-electron chi connectivity index (χ1n) is 26.2. The van der Waals surface area contributed by atoms with Crippen molar-refractivity contribution in [1.29, 1.82) is 0 Å². The van der Waals surface area contributed by atoms with Gasteiger partial charge in [-0.05, 0) is 121 Å². The third-order valence-corrected chi connectivity index (χ3v) is 15.5. The van der Waals surface area contributed by atoms with Gasteiger partial charge in [-0.2, -0.15) is 0 Å². The van der Waals surface area contributed by atoms with Crippen molar-refractivity contribution in [3.63, 3.8) is 0 Å². The fraction of sp³-hybridized carbons (Fsp3) is 0.0139. The molecular formula is C72H44N6. The normalized spacial score (nSPS) is 12.2. The summed E-state index contributed by atoms with van der Waals surface area (Å²) in [6.45, 7) is 2.06. The lowest BCUT2D eigenvalue weighted by Crippen LogP contribution is -1.99. The number of hydrogen-bond donors (Lipinski definition) is 1. The van der Waals surface area contributed by atoms with E-state index in [-0.39, 0.29) is 0 Å². The van der Waals surface area contributed by atoms with E-state index in [0.717, 1.165) is 138 Å². The van der Waals surface area contributed by atoms with E-state index in [9.17, 15) is 0 Å². The lowest BCUT2D eigenvalue weighted by molar-refractivity contribution is 1.31. The maximum absolute atomic E-state index is 6.95. The van der Waals surface area contributed by atoms with Crippen LogP contribution in [0.1, 0.15) is 23.6 Å². The van der Waals surface area contributed by atoms with Crippen molar-refractivity contribution >= 4 is 105 Å². The number of aliphatic imine (C=N–C) groups is 1. The molecule has 0 saturated heterocycles. The quantitative estimate of drug-likeness (QED) is 0.0744. The van der Waals surface area contributed by atoms with Gasteiger partial charge in [0.05, 0.1) is 57.2 Å². The fourth-order valence-electron chi connectivity index (χ4n) is 11.7. The Balaban J connectivity index is 0.873. The van der Waals surface area contributed by atoms with Gasteiger partial charge in [0.1, 0.15) is 0 Å². The number of fused-ring (bicyclic) bond motifs is 15. The van der Waals surface area contributed by atoms with E-state index in [1.165, 1.54) is 21.5 Å². The highest BCUT2D eigenvalue weighted by Gasteiger charge is 2.19. The lowest BCUT2D eigenvalue weighted by atomic mass is 9.91. The van der Waals surface area contributed by atoms with Gasteiger partial charge in [0.25, 0.3) is 0 Å². The molecule has 14 aromatic rings. The number of aromatic nitrogens is 4. The molecule has 0 amide bonds. The predicted octanol–water partition coefficient (Wildman–Crippen LogP) is 18.2. The standard InChI is InChI=1S/C72H44N6/c1-43(76-68-60-30-9-3-24-54(60)53-23-2-8-29-59(53)67(68)73)44-17-14-18-45(35-44)50-38-51(46-19-15-21-48(36-46)65-41-74-69-61-31-10-4-25-55(61)57-27-6-12-33-63(57)71(69)77-65)40-52(39-50)47-20-16-22-49(37-47)66-42-75-70-62-32-11-5-26-56(62)58-28-7-13-34-64(58)72(70)78-66/h3-7,9-42H,73H2,1H3. The Kier molecular flexibility index (Phi) is 10.4. The second-order valence-corrected chi connectivity index (χ2v) is 20.0. The van der Waals surface area contributed by atoms with Gasteiger partial charge in [0.2, 0.25) is 0 Å². The molecule has 0 radical (unpaired) electrons. The molecule has 0 bridgehead atoms. The predicted molar refractivity (Wildman–Crippen MR) is 326 cm³/mol. The minimum Gasteiger partial charge on any atom is -0.396 e. The van der Waals surface area contributed by atoms with Crippen LogP contribution in [0.15, 0.2) is 241 Å². The van der Waals surface area contributed by atoms with E-state index in [1.54, 1.807) is 0 Å². The Bertz CT molecular complexity index is 4740. The van der Waals surface area contributed by atoms with E-state index >= 15 is 0 Å². The molecule has 0 unspecified atom stereocenters. The molecule has 2 aromatic heterocycles. The fourth-order valence-corrected chi connectivity index (χ4v) is 11.7. The molecule has 362 valence electrons. The van der Waals surface area contributed by atoms with Gasteiger partial charge in [-0.3, -0.25) is 15.0 Å². The third-order valence-electron chi connectivity index (χ3n) is 15.5. The first-order chi connectivity index (χ1) is 38.5. The smallest absolute Gasteiger partial charge is 0.0979 e. The van der Waals surface area contributed by atoms with Crippen molar-refractivity contribution in [3.05, 3.63) is 253 Å². The molecule has 6 heteroatoms. The van der Waals surface area contributed by atoms with E-state index in [0.29, 0.717) is 5.69 Å². The molecular weight excluding hydrogens is 949 g/mol. The molecule has 15 rings (SSSR count). The molecule has 2 heterocycles. The molecule has 2 N–H and O–H groups in total. The zero-order valence-corrected chi connectivity index (χ0v) is 42.3. The molecule has 0 spiro atoms. The Morgan fingerprint density at radius 3 is 1.22 bits per heavy atom. The monoisotopic (exact) mass is 992 g/mol. The van der Waals surface area contributed by atoms with Gasteiger partial charge in [0.15, 0.2) is 0 Å². The summed E-state index contributed by atoms with van der Waals surface area (Å²) in [5.41, 5.74) is 31.8. The molecule has 1 aliphatic rings. The first-order valence-corrected chi connectivity index (χ1v) is 26.2. The third kappa shape index (κ3) is 7.40. The zero-order chi connectivity index (χ0) is 51.8. The Morgan fingerprint density at radius 1 is 0.359 bits per heavy atom. The van der Waals surface area contributed by atoms with E-state index in [4.69, 9.17) is 30.7 Å². The highest BCUT2D eigenvalue weighted by atomic mass is 14.8. The lowest BCUT2D eigenvalue weighted by Gasteiger charge is -2.16. The summed E-state index contributed by atoms with van der Waals surface area (Å²) in [6, 6.07) is 75.0. The summed E-state index contributed by atoms with van der Waals surface area (Å²) in [5.74, 6) is 0. The minimum absolute atomic E-state index is 0.624. The highest BCUT2D eigenvalue weighted by molar-refractivity contribution is 6.24. The number of nitrogens with two attached hydrogens (primary N) is 1. The van der Waals surface area contributed by atoms with E-state index in [1.807, 2.05) is 30.6 Å². The Morgan fingerprint density at radius 2 is 0.731 bits per heavy atom. The van der Waals surface area contributed by atoms with Gasteiger partial charge in [-0.1, -0.05) is 187 Å². The number of benzene rings is 12. The molecule has 1 aliphatic carbocycles. The number of anilines is 1. The SMILES string of the molecule is CC(=Nc1c(N)c2c(c3ccccc13)C=C=C=C2)c1cccc(-c2cc(-c3cccc(-c4cnc5c6ccccc6c6ccccc6c5n4)c3)cc(-c3cccc(-c4cnc5c6ccccc6c6ccccc6c5n4)c3)c2)c1. The topological polar surface area (TPSA) is 89.9 Å².